The Balaban J connectivity index is 1.94. The second kappa shape index (κ2) is 18.2. The number of carbonyl (C=O) groups excluding carboxylic acids is 3. The van der Waals surface area contributed by atoms with Crippen molar-refractivity contribution in [3.63, 3.8) is 0 Å². The van der Waals surface area contributed by atoms with Crippen LogP contribution in [0.1, 0.15) is 54.0 Å². The van der Waals surface area contributed by atoms with Crippen molar-refractivity contribution in [3.8, 4) is 11.5 Å². The number of carbonyl (C=O) groups is 3. The van der Waals surface area contributed by atoms with Crippen LogP contribution < -0.4 is 15.4 Å². The van der Waals surface area contributed by atoms with Crippen LogP contribution in [0, 0.1) is 0 Å². The molecule has 0 aliphatic carbocycles. The maximum atomic E-state index is 14.1. The van der Waals surface area contributed by atoms with E-state index in [0.717, 1.165) is 0 Å². The molecule has 0 aromatic heterocycles. The summed E-state index contributed by atoms with van der Waals surface area (Å²) in [6.45, 7) is 9.57. The third kappa shape index (κ3) is 13.3. The van der Waals surface area contributed by atoms with Gasteiger partial charge in [-0.2, -0.15) is 4.31 Å². The molecule has 3 amide bonds. The molecule has 0 aliphatic rings. The fourth-order valence-corrected chi connectivity index (χ4v) is 7.27. The number of hydrogen-bond acceptors (Lipinski definition) is 11. The van der Waals surface area contributed by atoms with Gasteiger partial charge in [0, 0.05) is 6.54 Å². The number of nitrogens with one attached hydrogen (secondary N) is 2. The lowest BCUT2D eigenvalue weighted by molar-refractivity contribution is 0.0377. The van der Waals surface area contributed by atoms with Gasteiger partial charge in [0.25, 0.3) is 10.0 Å². The highest BCUT2D eigenvalue weighted by molar-refractivity contribution is 7.89. The van der Waals surface area contributed by atoms with Crippen LogP contribution >= 0.6 is 7.60 Å². The van der Waals surface area contributed by atoms with Crippen molar-refractivity contribution in [2.24, 2.45) is 0 Å². The van der Waals surface area contributed by atoms with Gasteiger partial charge in [-0.1, -0.05) is 48.5 Å². The maximum Gasteiger partial charge on any atom is 0.424 e. The average Bonchev–Trinajstić information content (AvgIpc) is 3.04. The van der Waals surface area contributed by atoms with Crippen molar-refractivity contribution < 1.29 is 50.6 Å². The minimum atomic E-state index is -4.65. The van der Waals surface area contributed by atoms with E-state index >= 15 is 0 Å². The Hall–Kier alpha value is -4.43. The van der Waals surface area contributed by atoms with E-state index in [1.54, 1.807) is 103 Å². The van der Waals surface area contributed by atoms with E-state index in [-0.39, 0.29) is 11.5 Å². The van der Waals surface area contributed by atoms with E-state index in [0.29, 0.717) is 21.4 Å². The summed E-state index contributed by atoms with van der Waals surface area (Å²) in [6, 6.07) is 21.7. The van der Waals surface area contributed by atoms with Crippen molar-refractivity contribution in [1.29, 1.82) is 0 Å². The Labute approximate surface area is 299 Å². The van der Waals surface area contributed by atoms with Crippen LogP contribution in [0.25, 0.3) is 0 Å². The van der Waals surface area contributed by atoms with Crippen LogP contribution in [-0.2, 0) is 39.7 Å². The molecule has 14 nitrogen and oxygen atoms in total. The van der Waals surface area contributed by atoms with Gasteiger partial charge in [-0.05, 0) is 90.4 Å². The van der Waals surface area contributed by atoms with Gasteiger partial charge >= 0.3 is 25.4 Å². The Morgan fingerprint density at radius 2 is 1.33 bits per heavy atom. The van der Waals surface area contributed by atoms with Crippen LogP contribution in [0.15, 0.2) is 89.8 Å². The SMILES string of the molecule is CC(C)OP(=O)(OC(C)C)C(=O)NCC(CN(C(=O)OC(C)(C)C)S(=O)(=O)c1ccc(Oc2ccccc2)cc1)NC(=O)OCc1ccccc1. The van der Waals surface area contributed by atoms with Crippen molar-refractivity contribution in [1.82, 2.24) is 14.9 Å². The highest BCUT2D eigenvalue weighted by atomic mass is 32.2. The molecule has 1 atom stereocenters. The molecule has 3 aromatic rings. The number of nitrogens with zero attached hydrogens (tertiary/aromatic N) is 1. The molecular formula is C35H46N3O11PS. The highest BCUT2D eigenvalue weighted by Gasteiger charge is 2.39. The van der Waals surface area contributed by atoms with E-state index in [1.165, 1.54) is 24.3 Å². The zero-order chi connectivity index (χ0) is 37.8. The van der Waals surface area contributed by atoms with E-state index in [1.807, 2.05) is 6.07 Å². The summed E-state index contributed by atoms with van der Waals surface area (Å²) in [6.07, 6.45) is -3.54. The molecule has 3 aromatic carbocycles. The second-order valence-corrected chi connectivity index (χ2v) is 16.5. The number of benzene rings is 3. The number of rotatable bonds is 16. The normalized spacial score (nSPS) is 12.6. The summed E-state index contributed by atoms with van der Waals surface area (Å²) in [4.78, 5) is 39.5. The Bertz CT molecular complexity index is 1730. The van der Waals surface area contributed by atoms with E-state index in [2.05, 4.69) is 10.6 Å². The van der Waals surface area contributed by atoms with Gasteiger partial charge in [-0.15, -0.1) is 0 Å². The molecule has 0 radical (unpaired) electrons. The second-order valence-electron chi connectivity index (χ2n) is 12.8. The average molecular weight is 748 g/mol. The zero-order valence-corrected chi connectivity index (χ0v) is 31.4. The molecule has 16 heteroatoms. The molecule has 3 rings (SSSR count). The van der Waals surface area contributed by atoms with Crippen LogP contribution in [0.2, 0.25) is 0 Å². The number of alkyl carbamates (subject to hydrolysis) is 1. The van der Waals surface area contributed by atoms with Gasteiger partial charge in [-0.3, -0.25) is 13.8 Å². The predicted molar refractivity (Wildman–Crippen MR) is 190 cm³/mol. The molecule has 0 saturated carbocycles. The molecule has 0 bridgehead atoms. The van der Waals surface area contributed by atoms with E-state index in [9.17, 15) is 27.4 Å². The first-order valence-electron chi connectivity index (χ1n) is 16.2. The summed E-state index contributed by atoms with van der Waals surface area (Å²) in [5, 5.41) is 4.92. The molecular weight excluding hydrogens is 701 g/mol. The highest BCUT2D eigenvalue weighted by Crippen LogP contribution is 2.51. The Morgan fingerprint density at radius 1 is 0.804 bits per heavy atom. The third-order valence-electron chi connectivity index (χ3n) is 6.36. The largest absolute Gasteiger partial charge is 0.457 e. The lowest BCUT2D eigenvalue weighted by Gasteiger charge is -2.30. The van der Waals surface area contributed by atoms with Gasteiger partial charge in [0.2, 0.25) is 0 Å². The van der Waals surface area contributed by atoms with Gasteiger partial charge < -0.3 is 24.8 Å². The summed E-state index contributed by atoms with van der Waals surface area (Å²) < 4.78 is 69.3. The van der Waals surface area contributed by atoms with Gasteiger partial charge in [-0.25, -0.2) is 22.6 Å². The molecule has 0 spiro atoms. The van der Waals surface area contributed by atoms with Crippen LogP contribution in [0.5, 0.6) is 11.5 Å². The van der Waals surface area contributed by atoms with Crippen LogP contribution in [-0.4, -0.2) is 67.5 Å². The van der Waals surface area contributed by atoms with Crippen molar-refractivity contribution in [2.45, 2.75) is 83.8 Å². The molecule has 0 saturated heterocycles. The smallest absolute Gasteiger partial charge is 0.424 e. The third-order valence-corrected chi connectivity index (χ3v) is 10.2. The van der Waals surface area contributed by atoms with E-state index < -0.39 is 72.4 Å². The Kier molecular flexibility index (Phi) is 14.6. The first kappa shape index (κ1) is 41.0. The monoisotopic (exact) mass is 747 g/mol. The lowest BCUT2D eigenvalue weighted by atomic mass is 10.2. The van der Waals surface area contributed by atoms with Crippen molar-refractivity contribution in [3.05, 3.63) is 90.5 Å². The van der Waals surface area contributed by atoms with Crippen LogP contribution in [0.3, 0.4) is 0 Å². The summed E-state index contributed by atoms with van der Waals surface area (Å²) in [5.74, 6) is 0.866. The number of para-hydroxylation sites is 1. The summed E-state index contributed by atoms with van der Waals surface area (Å²) >= 11 is 0. The molecule has 278 valence electrons. The van der Waals surface area contributed by atoms with Gasteiger partial charge in [0.15, 0.2) is 0 Å². The molecule has 51 heavy (non-hydrogen) atoms. The lowest BCUT2D eigenvalue weighted by Crippen LogP contribution is -2.53. The fraction of sp³-hybridized carbons (Fsp3) is 0.400. The minimum absolute atomic E-state index is 0.128. The minimum Gasteiger partial charge on any atom is -0.457 e. The fourth-order valence-electron chi connectivity index (χ4n) is 4.29. The van der Waals surface area contributed by atoms with Crippen molar-refractivity contribution >= 4 is 35.5 Å². The number of ether oxygens (including phenoxy) is 3. The molecule has 0 fully saturated rings. The van der Waals surface area contributed by atoms with E-state index in [4.69, 9.17) is 23.3 Å². The standard InChI is InChI=1S/C35H46N3O11PS/c1-25(2)48-50(42,49-26(3)4)33(40)36-22-28(37-32(39)45-24-27-14-10-8-11-15-27)23-38(34(41)47-35(5,6)7)51(43,44)31-20-18-30(19-21-31)46-29-16-12-9-13-17-29/h8-21,25-26,28H,22-24H2,1-7H3,(H,36,40)(H,37,39). The maximum absolute atomic E-state index is 14.1. The number of sulfonamides is 1. The van der Waals surface area contributed by atoms with Crippen LogP contribution in [0.4, 0.5) is 14.4 Å². The zero-order valence-electron chi connectivity index (χ0n) is 29.7. The molecule has 2 N–H and O–H groups in total. The predicted octanol–water partition coefficient (Wildman–Crippen LogP) is 7.45. The number of hydrogen-bond donors (Lipinski definition) is 2. The first-order chi connectivity index (χ1) is 23.9. The summed E-state index contributed by atoms with van der Waals surface area (Å²) in [5.41, 5.74) is -1.57. The topological polar surface area (TPSA) is 176 Å². The molecule has 0 heterocycles. The first-order valence-corrected chi connectivity index (χ1v) is 19.2. The molecule has 0 aliphatic heterocycles. The Morgan fingerprint density at radius 3 is 1.86 bits per heavy atom. The van der Waals surface area contributed by atoms with Gasteiger partial charge in [0.1, 0.15) is 23.7 Å². The summed E-state index contributed by atoms with van der Waals surface area (Å²) in [7, 11) is -9.04. The molecule has 1 unspecified atom stereocenters. The quantitative estimate of drug-likeness (QED) is 0.139. The number of amides is 3. The van der Waals surface area contributed by atoms with Crippen molar-refractivity contribution in [2.75, 3.05) is 13.1 Å². The van der Waals surface area contributed by atoms with Gasteiger partial charge in [0.05, 0.1) is 29.7 Å².